The maximum Gasteiger partial charge on any atom is 0.417 e. The maximum absolute atomic E-state index is 12.8. The minimum Gasteiger partial charge on any atom is -0.380 e. The fourth-order valence-corrected chi connectivity index (χ4v) is 3.01. The van der Waals surface area contributed by atoms with Crippen molar-refractivity contribution >= 4 is 11.7 Å². The van der Waals surface area contributed by atoms with Crippen molar-refractivity contribution in [2.24, 2.45) is 0 Å². The fourth-order valence-electron chi connectivity index (χ4n) is 3.01. The molecule has 0 saturated carbocycles. The predicted octanol–water partition coefficient (Wildman–Crippen LogP) is 2.36. The van der Waals surface area contributed by atoms with Crippen molar-refractivity contribution < 1.29 is 27.9 Å². The van der Waals surface area contributed by atoms with E-state index in [2.05, 4.69) is 4.98 Å². The van der Waals surface area contributed by atoms with Gasteiger partial charge in [0.1, 0.15) is 5.69 Å². The van der Waals surface area contributed by atoms with Crippen LogP contribution in [0.2, 0.25) is 0 Å². The molecule has 23 heavy (non-hydrogen) atoms. The van der Waals surface area contributed by atoms with Gasteiger partial charge in [0.15, 0.2) is 11.4 Å². The molecule has 0 aliphatic carbocycles. The molecule has 1 aromatic heterocycles. The Kier molecular flexibility index (Phi) is 4.32. The average molecular weight is 332 g/mol. The molecule has 0 atom stereocenters. The van der Waals surface area contributed by atoms with E-state index in [-0.39, 0.29) is 24.6 Å². The van der Waals surface area contributed by atoms with Crippen molar-refractivity contribution in [2.75, 3.05) is 13.1 Å². The molecule has 0 unspecified atom stereocenters. The van der Waals surface area contributed by atoms with Gasteiger partial charge in [-0.1, -0.05) is 0 Å². The van der Waals surface area contributed by atoms with Gasteiger partial charge < -0.3 is 15.0 Å². The number of ketones is 1. The first kappa shape index (κ1) is 17.5. The summed E-state index contributed by atoms with van der Waals surface area (Å²) in [7, 11) is 0. The highest BCUT2D eigenvalue weighted by Gasteiger charge is 2.55. The third-order valence-corrected chi connectivity index (χ3v) is 4.41. The molecule has 1 aliphatic heterocycles. The molecule has 0 spiro atoms. The molecule has 1 saturated heterocycles. The van der Waals surface area contributed by atoms with E-state index in [4.69, 9.17) is 0 Å². The molecule has 1 fully saturated rings. The monoisotopic (exact) mass is 332 g/mol. The Morgan fingerprint density at radius 2 is 1.74 bits per heavy atom. The third-order valence-electron chi connectivity index (χ3n) is 4.41. The van der Waals surface area contributed by atoms with Crippen molar-refractivity contribution in [3.63, 3.8) is 0 Å². The van der Waals surface area contributed by atoms with Crippen LogP contribution in [0.15, 0.2) is 0 Å². The fraction of sp³-hybridized carbons (Fsp3) is 0.600. The standard InChI is InChI=1S/C15H19F3N2O3/c1-8-11(10(3)21)9(2)19-12(8)13(22)20-6-4-14(23,5-7-20)15(16,17)18/h19,23H,4-7H2,1-3H3. The van der Waals surface area contributed by atoms with Crippen LogP contribution < -0.4 is 0 Å². The van der Waals surface area contributed by atoms with Gasteiger partial charge in [0.05, 0.1) is 0 Å². The number of aliphatic hydroxyl groups is 1. The zero-order valence-electron chi connectivity index (χ0n) is 13.2. The molecule has 0 radical (unpaired) electrons. The molecule has 0 bridgehead atoms. The van der Waals surface area contributed by atoms with E-state index in [9.17, 15) is 27.9 Å². The topological polar surface area (TPSA) is 73.4 Å². The maximum atomic E-state index is 12.8. The number of H-pyrrole nitrogens is 1. The van der Waals surface area contributed by atoms with Crippen LogP contribution in [0.3, 0.4) is 0 Å². The number of likely N-dealkylation sites (tertiary alicyclic amines) is 1. The number of rotatable bonds is 2. The van der Waals surface area contributed by atoms with Crippen molar-refractivity contribution in [3.8, 4) is 0 Å². The van der Waals surface area contributed by atoms with Crippen molar-refractivity contribution in [1.82, 2.24) is 9.88 Å². The van der Waals surface area contributed by atoms with Crippen LogP contribution in [0.25, 0.3) is 0 Å². The zero-order valence-corrected chi connectivity index (χ0v) is 13.2. The molecule has 2 rings (SSSR count). The number of hydrogen-bond donors (Lipinski definition) is 2. The number of aryl methyl sites for hydroxylation is 1. The number of amides is 1. The molecular weight excluding hydrogens is 313 g/mol. The van der Waals surface area contributed by atoms with Crippen LogP contribution in [0.1, 0.15) is 51.9 Å². The van der Waals surface area contributed by atoms with E-state index in [1.807, 2.05) is 0 Å². The summed E-state index contributed by atoms with van der Waals surface area (Å²) in [5, 5.41) is 9.64. The first-order chi connectivity index (χ1) is 10.5. The number of hydrogen-bond acceptors (Lipinski definition) is 3. The highest BCUT2D eigenvalue weighted by molar-refractivity contribution is 6.02. The molecule has 0 aromatic carbocycles. The van der Waals surface area contributed by atoms with E-state index in [0.29, 0.717) is 16.8 Å². The van der Waals surface area contributed by atoms with Crippen LogP contribution in [0.5, 0.6) is 0 Å². The molecule has 1 aromatic rings. The molecule has 1 aliphatic rings. The van der Waals surface area contributed by atoms with Crippen LogP contribution in [-0.2, 0) is 0 Å². The van der Waals surface area contributed by atoms with Crippen LogP contribution in [-0.4, -0.2) is 51.5 Å². The Labute approximate surface area is 131 Å². The van der Waals surface area contributed by atoms with Gasteiger partial charge in [-0.25, -0.2) is 0 Å². The van der Waals surface area contributed by atoms with Crippen molar-refractivity contribution in [1.29, 1.82) is 0 Å². The van der Waals surface area contributed by atoms with Crippen LogP contribution in [0.4, 0.5) is 13.2 Å². The summed E-state index contributed by atoms with van der Waals surface area (Å²) in [6.45, 7) is 4.30. The summed E-state index contributed by atoms with van der Waals surface area (Å²) in [6, 6.07) is 0. The Morgan fingerprint density at radius 3 is 2.13 bits per heavy atom. The number of carbonyl (C=O) groups excluding carboxylic acids is 2. The Morgan fingerprint density at radius 1 is 1.22 bits per heavy atom. The lowest BCUT2D eigenvalue weighted by Gasteiger charge is -2.39. The molecule has 128 valence electrons. The normalized spacial score (nSPS) is 18.1. The van der Waals surface area contributed by atoms with Gasteiger partial charge in [-0.15, -0.1) is 0 Å². The first-order valence-corrected chi connectivity index (χ1v) is 7.26. The number of aromatic nitrogens is 1. The number of nitrogens with zero attached hydrogens (tertiary/aromatic N) is 1. The Balaban J connectivity index is 2.18. The van der Waals surface area contributed by atoms with Gasteiger partial charge in [0.2, 0.25) is 0 Å². The number of piperidine rings is 1. The second kappa shape index (κ2) is 5.67. The van der Waals surface area contributed by atoms with E-state index in [1.165, 1.54) is 11.8 Å². The highest BCUT2D eigenvalue weighted by atomic mass is 19.4. The van der Waals surface area contributed by atoms with E-state index < -0.39 is 30.5 Å². The second-order valence-corrected chi connectivity index (χ2v) is 6.00. The summed E-state index contributed by atoms with van der Waals surface area (Å²) in [5.74, 6) is -0.636. The quantitative estimate of drug-likeness (QED) is 0.817. The van der Waals surface area contributed by atoms with Crippen molar-refractivity contribution in [3.05, 3.63) is 22.5 Å². The lowest BCUT2D eigenvalue weighted by atomic mass is 9.90. The number of halogens is 3. The summed E-state index contributed by atoms with van der Waals surface area (Å²) in [5.41, 5.74) is -1.05. The molecule has 8 heteroatoms. The zero-order chi connectivity index (χ0) is 17.6. The largest absolute Gasteiger partial charge is 0.417 e. The van der Waals surface area contributed by atoms with E-state index in [0.717, 1.165) is 0 Å². The van der Waals surface area contributed by atoms with Crippen LogP contribution >= 0.6 is 0 Å². The SMILES string of the molecule is CC(=O)c1c(C)[nH]c(C(=O)N2CCC(O)(C(F)(F)F)CC2)c1C. The number of nitrogens with one attached hydrogen (secondary N) is 1. The first-order valence-electron chi connectivity index (χ1n) is 7.26. The van der Waals surface area contributed by atoms with Gasteiger partial charge in [0, 0.05) is 37.2 Å². The van der Waals surface area contributed by atoms with Gasteiger partial charge in [-0.2, -0.15) is 13.2 Å². The molecule has 5 nitrogen and oxygen atoms in total. The average Bonchev–Trinajstić information content (AvgIpc) is 2.72. The third kappa shape index (κ3) is 2.99. The Hall–Kier alpha value is -1.83. The number of Topliss-reactive ketones (excluding diaryl/α,β-unsaturated/α-hetero) is 1. The summed E-state index contributed by atoms with van der Waals surface area (Å²) < 4.78 is 38.4. The summed E-state index contributed by atoms with van der Waals surface area (Å²) in [6.07, 6.45) is -5.82. The van der Waals surface area contributed by atoms with Gasteiger partial charge in [-0.05, 0) is 26.3 Å². The van der Waals surface area contributed by atoms with Gasteiger partial charge in [0.25, 0.3) is 5.91 Å². The number of alkyl halides is 3. The molecule has 2 N–H and O–H groups in total. The highest BCUT2D eigenvalue weighted by Crippen LogP contribution is 2.38. The van der Waals surface area contributed by atoms with E-state index >= 15 is 0 Å². The van der Waals surface area contributed by atoms with Crippen LogP contribution in [0, 0.1) is 13.8 Å². The molecular formula is C15H19F3N2O3. The van der Waals surface area contributed by atoms with Gasteiger partial charge >= 0.3 is 6.18 Å². The molecule has 2 heterocycles. The number of aromatic amines is 1. The van der Waals surface area contributed by atoms with Crippen molar-refractivity contribution in [2.45, 2.75) is 45.4 Å². The minimum atomic E-state index is -4.71. The van der Waals surface area contributed by atoms with E-state index in [1.54, 1.807) is 13.8 Å². The lowest BCUT2D eigenvalue weighted by Crippen LogP contribution is -2.54. The Bertz CT molecular complexity index is 641. The second-order valence-electron chi connectivity index (χ2n) is 6.00. The predicted molar refractivity (Wildman–Crippen MR) is 76.4 cm³/mol. The van der Waals surface area contributed by atoms with Gasteiger partial charge in [-0.3, -0.25) is 9.59 Å². The number of carbonyl (C=O) groups is 2. The summed E-state index contributed by atoms with van der Waals surface area (Å²) >= 11 is 0. The lowest BCUT2D eigenvalue weighted by molar-refractivity contribution is -0.271. The smallest absolute Gasteiger partial charge is 0.380 e. The summed E-state index contributed by atoms with van der Waals surface area (Å²) in [4.78, 5) is 28.2. The minimum absolute atomic E-state index is 0.180. The molecule has 1 amide bonds.